The van der Waals surface area contributed by atoms with E-state index >= 15 is 0 Å². The number of nitrogens with zero attached hydrogens (tertiary/aromatic N) is 2. The fraction of sp³-hybridized carbons (Fsp3) is 0.600. The summed E-state index contributed by atoms with van der Waals surface area (Å²) in [6.45, 7) is 6.56. The second-order valence-electron chi connectivity index (χ2n) is 6.68. The summed E-state index contributed by atoms with van der Waals surface area (Å²) in [6, 6.07) is 3.77. The van der Waals surface area contributed by atoms with Gasteiger partial charge in [0.25, 0.3) is 0 Å². The molecule has 144 valence electrons. The molecule has 1 aliphatic heterocycles. The summed E-state index contributed by atoms with van der Waals surface area (Å²) in [5.41, 5.74) is 1.79. The van der Waals surface area contributed by atoms with Crippen LogP contribution in [0.25, 0.3) is 0 Å². The van der Waals surface area contributed by atoms with Gasteiger partial charge in [0.05, 0.1) is 20.6 Å². The Hall–Kier alpha value is -2.24. The Kier molecular flexibility index (Phi) is 7.30. The number of ether oxygens (including phenoxy) is 2. The van der Waals surface area contributed by atoms with E-state index in [0.717, 1.165) is 36.3 Å². The molecule has 2 rings (SSSR count). The van der Waals surface area contributed by atoms with Gasteiger partial charge in [-0.1, -0.05) is 6.92 Å². The van der Waals surface area contributed by atoms with Crippen LogP contribution in [-0.4, -0.2) is 62.0 Å². The van der Waals surface area contributed by atoms with Crippen LogP contribution in [0.4, 0.5) is 0 Å². The third-order valence-corrected chi connectivity index (χ3v) is 4.80. The molecule has 0 unspecified atom stereocenters. The molecule has 1 aliphatic rings. The van der Waals surface area contributed by atoms with E-state index in [-0.39, 0.29) is 18.2 Å². The van der Waals surface area contributed by atoms with Crippen LogP contribution in [0.5, 0.6) is 11.5 Å². The summed E-state index contributed by atoms with van der Waals surface area (Å²) < 4.78 is 10.8. The molecule has 26 heavy (non-hydrogen) atoms. The Bertz CT molecular complexity index is 645. The first kappa shape index (κ1) is 20.1. The molecule has 1 saturated heterocycles. The van der Waals surface area contributed by atoms with E-state index in [2.05, 4.69) is 0 Å². The molecule has 0 saturated carbocycles. The van der Waals surface area contributed by atoms with Crippen molar-refractivity contribution in [1.82, 2.24) is 9.80 Å². The van der Waals surface area contributed by atoms with E-state index < -0.39 is 0 Å². The third-order valence-electron chi connectivity index (χ3n) is 4.80. The number of methoxy groups -OCH3 is 2. The first-order valence-corrected chi connectivity index (χ1v) is 9.27. The number of aryl methyl sites for hydroxylation is 1. The van der Waals surface area contributed by atoms with Crippen molar-refractivity contribution in [1.29, 1.82) is 0 Å². The fourth-order valence-electron chi connectivity index (χ4n) is 3.31. The van der Waals surface area contributed by atoms with Gasteiger partial charge in [0, 0.05) is 38.2 Å². The number of amides is 2. The average molecular weight is 362 g/mol. The van der Waals surface area contributed by atoms with Crippen molar-refractivity contribution >= 4 is 11.8 Å². The van der Waals surface area contributed by atoms with E-state index in [1.165, 1.54) is 0 Å². The molecule has 1 fully saturated rings. The molecule has 0 N–H and O–H groups in total. The van der Waals surface area contributed by atoms with E-state index in [1.807, 2.05) is 35.8 Å². The molecule has 0 bridgehead atoms. The van der Waals surface area contributed by atoms with Crippen LogP contribution in [-0.2, 0) is 16.0 Å². The molecule has 0 spiro atoms. The minimum absolute atomic E-state index is 0.0546. The number of rotatable bonds is 6. The van der Waals surface area contributed by atoms with Gasteiger partial charge in [-0.2, -0.15) is 0 Å². The molecular weight excluding hydrogens is 332 g/mol. The van der Waals surface area contributed by atoms with Crippen LogP contribution in [0.3, 0.4) is 0 Å². The van der Waals surface area contributed by atoms with Crippen molar-refractivity contribution in [2.45, 2.75) is 39.5 Å². The lowest BCUT2D eigenvalue weighted by Crippen LogP contribution is -2.37. The molecule has 1 heterocycles. The first-order valence-electron chi connectivity index (χ1n) is 9.27. The maximum atomic E-state index is 12.8. The molecule has 2 amide bonds. The van der Waals surface area contributed by atoms with Crippen molar-refractivity contribution in [3.8, 4) is 11.5 Å². The van der Waals surface area contributed by atoms with E-state index in [0.29, 0.717) is 31.8 Å². The zero-order chi connectivity index (χ0) is 19.1. The second kappa shape index (κ2) is 9.46. The van der Waals surface area contributed by atoms with Gasteiger partial charge in [0.2, 0.25) is 11.8 Å². The summed E-state index contributed by atoms with van der Waals surface area (Å²) in [5.74, 6) is 1.69. The normalized spacial score (nSPS) is 14.8. The Morgan fingerprint density at radius 2 is 1.58 bits per heavy atom. The third kappa shape index (κ3) is 4.90. The van der Waals surface area contributed by atoms with Gasteiger partial charge < -0.3 is 19.3 Å². The predicted molar refractivity (Wildman–Crippen MR) is 101 cm³/mol. The van der Waals surface area contributed by atoms with Gasteiger partial charge in [0.1, 0.15) is 11.5 Å². The smallest absolute Gasteiger partial charge is 0.227 e. The molecule has 1 aromatic carbocycles. The zero-order valence-electron chi connectivity index (χ0n) is 16.3. The van der Waals surface area contributed by atoms with E-state index in [9.17, 15) is 9.59 Å². The number of hydrogen-bond donors (Lipinski definition) is 0. The molecule has 1 aromatic rings. The monoisotopic (exact) mass is 362 g/mol. The molecule has 6 heteroatoms. The van der Waals surface area contributed by atoms with Crippen LogP contribution >= 0.6 is 0 Å². The summed E-state index contributed by atoms with van der Waals surface area (Å²) in [4.78, 5) is 28.6. The highest BCUT2D eigenvalue weighted by Gasteiger charge is 2.22. The maximum absolute atomic E-state index is 12.8. The molecular formula is C20H30N2O4. The summed E-state index contributed by atoms with van der Waals surface area (Å²) >= 11 is 0. The van der Waals surface area contributed by atoms with Gasteiger partial charge >= 0.3 is 0 Å². The Labute approximate surface area is 156 Å². The van der Waals surface area contributed by atoms with Crippen molar-refractivity contribution in [2.24, 2.45) is 0 Å². The SMILES string of the molecule is CCCC(=O)N1CCCN(C(=O)Cc2cc(OC)c(C)cc2OC)CC1. The van der Waals surface area contributed by atoms with Gasteiger partial charge in [-0.15, -0.1) is 0 Å². The van der Waals surface area contributed by atoms with Crippen molar-refractivity contribution in [2.75, 3.05) is 40.4 Å². The number of hydrogen-bond acceptors (Lipinski definition) is 4. The Morgan fingerprint density at radius 1 is 0.962 bits per heavy atom. The first-order chi connectivity index (χ1) is 12.5. The van der Waals surface area contributed by atoms with Gasteiger partial charge in [-0.05, 0) is 37.5 Å². The van der Waals surface area contributed by atoms with Crippen LogP contribution in [0.1, 0.15) is 37.3 Å². The molecule has 0 aliphatic carbocycles. The second-order valence-corrected chi connectivity index (χ2v) is 6.68. The summed E-state index contributed by atoms with van der Waals surface area (Å²) in [5, 5.41) is 0. The van der Waals surface area contributed by atoms with Gasteiger partial charge in [-0.3, -0.25) is 9.59 Å². The summed E-state index contributed by atoms with van der Waals surface area (Å²) in [6.07, 6.45) is 2.51. The van der Waals surface area contributed by atoms with E-state index in [1.54, 1.807) is 14.2 Å². The Morgan fingerprint density at radius 3 is 2.15 bits per heavy atom. The average Bonchev–Trinajstić information content (AvgIpc) is 2.89. The lowest BCUT2D eigenvalue weighted by Gasteiger charge is -2.23. The minimum atomic E-state index is 0.0546. The number of carbonyl (C=O) groups is 2. The minimum Gasteiger partial charge on any atom is -0.496 e. The van der Waals surface area contributed by atoms with Crippen LogP contribution in [0, 0.1) is 6.92 Å². The highest BCUT2D eigenvalue weighted by Crippen LogP contribution is 2.29. The van der Waals surface area contributed by atoms with E-state index in [4.69, 9.17) is 9.47 Å². The fourth-order valence-corrected chi connectivity index (χ4v) is 3.31. The van der Waals surface area contributed by atoms with Crippen molar-refractivity contribution < 1.29 is 19.1 Å². The van der Waals surface area contributed by atoms with Crippen LogP contribution < -0.4 is 9.47 Å². The zero-order valence-corrected chi connectivity index (χ0v) is 16.3. The quantitative estimate of drug-likeness (QED) is 0.780. The van der Waals surface area contributed by atoms with Crippen LogP contribution in [0.15, 0.2) is 12.1 Å². The number of carbonyl (C=O) groups excluding carboxylic acids is 2. The Balaban J connectivity index is 2.05. The van der Waals surface area contributed by atoms with Crippen molar-refractivity contribution in [3.63, 3.8) is 0 Å². The van der Waals surface area contributed by atoms with Gasteiger partial charge in [0.15, 0.2) is 0 Å². The largest absolute Gasteiger partial charge is 0.496 e. The lowest BCUT2D eigenvalue weighted by atomic mass is 10.1. The predicted octanol–water partition coefficient (Wildman–Crippen LogP) is 2.42. The van der Waals surface area contributed by atoms with Crippen LogP contribution in [0.2, 0.25) is 0 Å². The molecule has 6 nitrogen and oxygen atoms in total. The van der Waals surface area contributed by atoms with Crippen molar-refractivity contribution in [3.05, 3.63) is 23.3 Å². The van der Waals surface area contributed by atoms with Gasteiger partial charge in [-0.25, -0.2) is 0 Å². The molecule has 0 atom stereocenters. The highest BCUT2D eigenvalue weighted by molar-refractivity contribution is 5.80. The highest BCUT2D eigenvalue weighted by atomic mass is 16.5. The molecule has 0 radical (unpaired) electrons. The lowest BCUT2D eigenvalue weighted by molar-refractivity contribution is -0.133. The summed E-state index contributed by atoms with van der Waals surface area (Å²) in [7, 11) is 3.23. The number of benzene rings is 1. The molecule has 0 aromatic heterocycles. The topological polar surface area (TPSA) is 59.1 Å². The standard InChI is InChI=1S/C20H30N2O4/c1-5-7-19(23)21-8-6-9-22(11-10-21)20(24)14-16-13-17(25-3)15(2)12-18(16)26-4/h12-13H,5-11,14H2,1-4H3. The maximum Gasteiger partial charge on any atom is 0.227 e.